The second-order valence-electron chi connectivity index (χ2n) is 5.21. The molecule has 0 aliphatic rings. The lowest BCUT2D eigenvalue weighted by Gasteiger charge is -2.08. The van der Waals surface area contributed by atoms with E-state index in [0.717, 1.165) is 17.8 Å². The highest BCUT2D eigenvalue weighted by molar-refractivity contribution is 5.58. The van der Waals surface area contributed by atoms with Crippen molar-refractivity contribution in [1.29, 1.82) is 0 Å². The quantitative estimate of drug-likeness (QED) is 0.937. The molecule has 3 nitrogen and oxygen atoms in total. The maximum Gasteiger partial charge on any atom is 0.416 e. The van der Waals surface area contributed by atoms with Gasteiger partial charge in [-0.1, -0.05) is 26.0 Å². The molecule has 0 fully saturated rings. The van der Waals surface area contributed by atoms with E-state index in [1.165, 1.54) is 12.1 Å². The number of aliphatic hydroxyl groups excluding tert-OH is 1. The molecule has 0 radical (unpaired) electrons. The summed E-state index contributed by atoms with van der Waals surface area (Å²) in [5, 5.41) is 9.45. The molecule has 2 aromatic rings. The van der Waals surface area contributed by atoms with Crippen molar-refractivity contribution in [2.45, 2.75) is 32.5 Å². The number of alkyl halides is 3. The molecule has 0 saturated heterocycles. The second-order valence-corrected chi connectivity index (χ2v) is 5.21. The maximum absolute atomic E-state index is 12.6. The Balaban J connectivity index is 2.47. The maximum atomic E-state index is 12.6. The fraction of sp³-hybridized carbons (Fsp3) is 0.400. The average molecular weight is 298 g/mol. The van der Waals surface area contributed by atoms with Gasteiger partial charge in [-0.25, -0.2) is 4.98 Å². The Kier molecular flexibility index (Phi) is 4.09. The summed E-state index contributed by atoms with van der Waals surface area (Å²) in [7, 11) is 1.75. The van der Waals surface area contributed by atoms with Crippen LogP contribution in [0, 0.1) is 0 Å². The molecule has 0 saturated carbocycles. The highest BCUT2D eigenvalue weighted by Crippen LogP contribution is 2.31. The topological polar surface area (TPSA) is 38.0 Å². The summed E-state index contributed by atoms with van der Waals surface area (Å²) < 4.78 is 39.4. The predicted octanol–water partition coefficient (Wildman–Crippen LogP) is 3.72. The minimum Gasteiger partial charge on any atom is -0.390 e. The van der Waals surface area contributed by atoms with Crippen LogP contribution in [0.4, 0.5) is 13.2 Å². The largest absolute Gasteiger partial charge is 0.416 e. The second kappa shape index (κ2) is 5.52. The molecule has 1 aromatic heterocycles. The van der Waals surface area contributed by atoms with E-state index in [4.69, 9.17) is 0 Å². The van der Waals surface area contributed by atoms with Gasteiger partial charge in [0.05, 0.1) is 23.6 Å². The minimum atomic E-state index is -4.35. The highest BCUT2D eigenvalue weighted by atomic mass is 19.4. The van der Waals surface area contributed by atoms with Gasteiger partial charge >= 0.3 is 6.18 Å². The number of hydrogen-bond acceptors (Lipinski definition) is 2. The molecule has 0 unspecified atom stereocenters. The highest BCUT2D eigenvalue weighted by Gasteiger charge is 2.30. The average Bonchev–Trinajstić information content (AvgIpc) is 2.75. The first-order valence-electron chi connectivity index (χ1n) is 6.59. The van der Waals surface area contributed by atoms with Crippen molar-refractivity contribution in [3.05, 3.63) is 41.2 Å². The Hall–Kier alpha value is -1.82. The molecule has 1 heterocycles. The van der Waals surface area contributed by atoms with E-state index in [-0.39, 0.29) is 12.5 Å². The zero-order valence-electron chi connectivity index (χ0n) is 12.1. The van der Waals surface area contributed by atoms with Crippen LogP contribution in [0.1, 0.15) is 36.7 Å². The van der Waals surface area contributed by atoms with Crippen molar-refractivity contribution in [1.82, 2.24) is 9.55 Å². The van der Waals surface area contributed by atoms with Gasteiger partial charge in [0.2, 0.25) is 0 Å². The Bertz CT molecular complexity index is 628. The molecule has 0 amide bonds. The van der Waals surface area contributed by atoms with Crippen molar-refractivity contribution in [2.75, 3.05) is 0 Å². The first kappa shape index (κ1) is 15.6. The van der Waals surface area contributed by atoms with Crippen LogP contribution >= 0.6 is 0 Å². The SMILES string of the molecule is CC(C)c1nc(-c2ccc(C(F)(F)F)cc2)n(C)c1CO. The van der Waals surface area contributed by atoms with Crippen molar-refractivity contribution >= 4 is 0 Å². The molecule has 1 N–H and O–H groups in total. The number of rotatable bonds is 3. The summed E-state index contributed by atoms with van der Waals surface area (Å²) in [5.41, 5.74) is 1.34. The molecule has 0 atom stereocenters. The van der Waals surface area contributed by atoms with Crippen LogP contribution < -0.4 is 0 Å². The summed E-state index contributed by atoms with van der Waals surface area (Å²) >= 11 is 0. The molecule has 6 heteroatoms. The fourth-order valence-electron chi connectivity index (χ4n) is 2.27. The van der Waals surface area contributed by atoms with Crippen molar-refractivity contribution < 1.29 is 18.3 Å². The van der Waals surface area contributed by atoms with Crippen LogP contribution in [0.15, 0.2) is 24.3 Å². The number of halogens is 3. The van der Waals surface area contributed by atoms with Gasteiger partial charge in [0, 0.05) is 12.6 Å². The smallest absolute Gasteiger partial charge is 0.390 e. The van der Waals surface area contributed by atoms with Crippen LogP contribution in [0.3, 0.4) is 0 Å². The summed E-state index contributed by atoms with van der Waals surface area (Å²) in [6.07, 6.45) is -4.35. The van der Waals surface area contributed by atoms with Crippen LogP contribution in [-0.2, 0) is 19.8 Å². The lowest BCUT2D eigenvalue weighted by molar-refractivity contribution is -0.137. The van der Waals surface area contributed by atoms with Gasteiger partial charge in [-0.15, -0.1) is 0 Å². The van der Waals surface area contributed by atoms with E-state index >= 15 is 0 Å². The van der Waals surface area contributed by atoms with Crippen molar-refractivity contribution in [3.63, 3.8) is 0 Å². The lowest BCUT2D eigenvalue weighted by atomic mass is 10.1. The number of benzene rings is 1. The Morgan fingerprint density at radius 2 is 1.76 bits per heavy atom. The predicted molar refractivity (Wildman–Crippen MR) is 73.7 cm³/mol. The standard InChI is InChI=1S/C15H17F3N2O/c1-9(2)13-12(8-21)20(3)14(19-13)10-4-6-11(7-5-10)15(16,17)18/h4-7,9,21H,8H2,1-3H3. The molecule has 0 spiro atoms. The number of aliphatic hydroxyl groups is 1. The monoisotopic (exact) mass is 298 g/mol. The number of imidazole rings is 1. The summed E-state index contributed by atoms with van der Waals surface area (Å²) in [4.78, 5) is 4.46. The minimum absolute atomic E-state index is 0.126. The van der Waals surface area contributed by atoms with Gasteiger partial charge in [-0.05, 0) is 18.1 Å². The summed E-state index contributed by atoms with van der Waals surface area (Å²) in [5.74, 6) is 0.679. The van der Waals surface area contributed by atoms with Crippen LogP contribution in [0.2, 0.25) is 0 Å². The molecule has 0 aliphatic carbocycles. The zero-order chi connectivity index (χ0) is 15.8. The van der Waals surface area contributed by atoms with E-state index in [9.17, 15) is 18.3 Å². The molecule has 0 bridgehead atoms. The summed E-state index contributed by atoms with van der Waals surface area (Å²) in [6.45, 7) is 3.76. The van der Waals surface area contributed by atoms with Gasteiger partial charge in [0.25, 0.3) is 0 Å². The summed E-state index contributed by atoms with van der Waals surface area (Å²) in [6, 6.07) is 4.88. The van der Waals surface area contributed by atoms with Gasteiger partial charge in [0.15, 0.2) is 0 Å². The third kappa shape index (κ3) is 2.95. The normalized spacial score (nSPS) is 12.2. The molecule has 21 heavy (non-hydrogen) atoms. The van der Waals surface area contributed by atoms with Gasteiger partial charge in [-0.3, -0.25) is 0 Å². The van der Waals surface area contributed by atoms with E-state index in [1.54, 1.807) is 11.6 Å². The fourth-order valence-corrected chi connectivity index (χ4v) is 2.27. The Morgan fingerprint density at radius 1 is 1.19 bits per heavy atom. The molecule has 1 aromatic carbocycles. The molecule has 2 rings (SSSR count). The van der Waals surface area contributed by atoms with Crippen LogP contribution in [-0.4, -0.2) is 14.7 Å². The molecular weight excluding hydrogens is 281 g/mol. The van der Waals surface area contributed by atoms with E-state index < -0.39 is 11.7 Å². The van der Waals surface area contributed by atoms with Gasteiger partial charge in [0.1, 0.15) is 5.82 Å². The first-order chi connectivity index (χ1) is 9.75. The van der Waals surface area contributed by atoms with Crippen LogP contribution in [0.5, 0.6) is 0 Å². The third-order valence-corrected chi connectivity index (χ3v) is 3.41. The lowest BCUT2D eigenvalue weighted by Crippen LogP contribution is -2.04. The molecular formula is C15H17F3N2O. The number of aromatic nitrogens is 2. The van der Waals surface area contributed by atoms with E-state index in [1.807, 2.05) is 13.8 Å². The third-order valence-electron chi connectivity index (χ3n) is 3.41. The van der Waals surface area contributed by atoms with E-state index in [2.05, 4.69) is 4.98 Å². The molecule has 114 valence electrons. The number of nitrogens with zero attached hydrogens (tertiary/aromatic N) is 2. The van der Waals surface area contributed by atoms with Crippen molar-refractivity contribution in [2.24, 2.45) is 7.05 Å². The van der Waals surface area contributed by atoms with E-state index in [0.29, 0.717) is 17.1 Å². The Morgan fingerprint density at radius 3 is 2.14 bits per heavy atom. The molecule has 0 aliphatic heterocycles. The zero-order valence-corrected chi connectivity index (χ0v) is 12.1. The van der Waals surface area contributed by atoms with Gasteiger partial charge < -0.3 is 9.67 Å². The first-order valence-corrected chi connectivity index (χ1v) is 6.59. The Labute approximate surface area is 121 Å². The number of hydrogen-bond donors (Lipinski definition) is 1. The van der Waals surface area contributed by atoms with Crippen molar-refractivity contribution in [3.8, 4) is 11.4 Å². The van der Waals surface area contributed by atoms with Gasteiger partial charge in [-0.2, -0.15) is 13.2 Å². The van der Waals surface area contributed by atoms with Crippen LogP contribution in [0.25, 0.3) is 11.4 Å².